The van der Waals surface area contributed by atoms with Crippen LogP contribution in [0.4, 0.5) is 10.1 Å². The summed E-state index contributed by atoms with van der Waals surface area (Å²) in [6.45, 7) is 4.68. The third-order valence-electron chi connectivity index (χ3n) is 2.97. The van der Waals surface area contributed by atoms with Crippen molar-refractivity contribution in [3.63, 3.8) is 0 Å². The summed E-state index contributed by atoms with van der Waals surface area (Å²) >= 11 is 12.0. The normalized spacial score (nSPS) is 10.6. The Balaban J connectivity index is 2.21. The zero-order valence-corrected chi connectivity index (χ0v) is 12.2. The Bertz CT molecular complexity index is 588. The lowest BCUT2D eigenvalue weighted by atomic mass is 10.1. The van der Waals surface area contributed by atoms with Crippen molar-refractivity contribution in [2.75, 3.05) is 5.32 Å². The molecule has 1 N–H and O–H groups in total. The number of nitrogens with one attached hydrogen (secondary N) is 1. The molecule has 0 saturated carbocycles. The minimum absolute atomic E-state index is 0.287. The molecular weight excluding hydrogens is 284 g/mol. The van der Waals surface area contributed by atoms with Crippen LogP contribution in [-0.2, 0) is 6.54 Å². The fourth-order valence-electron chi connectivity index (χ4n) is 1.89. The Labute approximate surface area is 122 Å². The summed E-state index contributed by atoms with van der Waals surface area (Å²) in [7, 11) is 0. The Kier molecular flexibility index (Phi) is 4.33. The molecule has 0 heterocycles. The summed E-state index contributed by atoms with van der Waals surface area (Å²) in [5.74, 6) is -0.438. The number of anilines is 1. The van der Waals surface area contributed by atoms with Gasteiger partial charge in [0, 0.05) is 6.54 Å². The van der Waals surface area contributed by atoms with E-state index in [1.165, 1.54) is 23.3 Å². The first-order valence-electron chi connectivity index (χ1n) is 5.92. The second kappa shape index (κ2) is 5.81. The number of aryl methyl sites for hydroxylation is 2. The van der Waals surface area contributed by atoms with Crippen LogP contribution in [0, 0.1) is 19.7 Å². The lowest BCUT2D eigenvalue weighted by Gasteiger charge is -2.13. The monoisotopic (exact) mass is 297 g/mol. The quantitative estimate of drug-likeness (QED) is 0.804. The molecule has 0 fully saturated rings. The number of benzene rings is 2. The molecule has 100 valence electrons. The van der Waals surface area contributed by atoms with Gasteiger partial charge in [-0.25, -0.2) is 4.39 Å². The van der Waals surface area contributed by atoms with Crippen molar-refractivity contribution in [1.29, 1.82) is 0 Å². The van der Waals surface area contributed by atoms with Crippen LogP contribution in [0.1, 0.15) is 16.7 Å². The molecule has 1 nitrogen and oxygen atoms in total. The van der Waals surface area contributed by atoms with Crippen molar-refractivity contribution < 1.29 is 4.39 Å². The van der Waals surface area contributed by atoms with Crippen LogP contribution in [0.3, 0.4) is 0 Å². The molecule has 0 bridgehead atoms. The van der Waals surface area contributed by atoms with E-state index in [0.717, 1.165) is 5.56 Å². The van der Waals surface area contributed by atoms with Gasteiger partial charge in [0.1, 0.15) is 5.82 Å². The van der Waals surface area contributed by atoms with Crippen LogP contribution >= 0.6 is 23.2 Å². The summed E-state index contributed by atoms with van der Waals surface area (Å²) in [5, 5.41) is 3.74. The molecule has 0 radical (unpaired) electrons. The highest BCUT2D eigenvalue weighted by molar-refractivity contribution is 6.39. The molecular formula is C15H14Cl2FN. The largest absolute Gasteiger partial charge is 0.379 e. The minimum atomic E-state index is -0.438. The van der Waals surface area contributed by atoms with Crippen molar-refractivity contribution in [2.24, 2.45) is 0 Å². The number of halogens is 3. The van der Waals surface area contributed by atoms with Crippen molar-refractivity contribution in [1.82, 2.24) is 0 Å². The molecule has 0 aliphatic heterocycles. The maximum absolute atomic E-state index is 13.1. The number of rotatable bonds is 3. The molecule has 4 heteroatoms. The minimum Gasteiger partial charge on any atom is -0.379 e. The second-order valence-corrected chi connectivity index (χ2v) is 5.34. The highest BCUT2D eigenvalue weighted by Gasteiger charge is 2.08. The van der Waals surface area contributed by atoms with Crippen LogP contribution in [0.25, 0.3) is 0 Å². The molecule has 0 saturated heterocycles. The summed E-state index contributed by atoms with van der Waals surface area (Å²) in [6, 6.07) is 8.74. The van der Waals surface area contributed by atoms with E-state index in [1.54, 1.807) is 0 Å². The van der Waals surface area contributed by atoms with Gasteiger partial charge in [0.2, 0.25) is 0 Å². The molecule has 0 aliphatic carbocycles. The molecule has 2 aromatic rings. The first kappa shape index (κ1) is 14.2. The predicted octanol–water partition coefficient (Wildman–Crippen LogP) is 5.36. The Morgan fingerprint density at radius 2 is 1.68 bits per heavy atom. The fraction of sp³-hybridized carbons (Fsp3) is 0.200. The Morgan fingerprint density at radius 1 is 1.05 bits per heavy atom. The average molecular weight is 298 g/mol. The Hall–Kier alpha value is -1.25. The maximum Gasteiger partial charge on any atom is 0.126 e. The van der Waals surface area contributed by atoms with E-state index in [9.17, 15) is 4.39 Å². The average Bonchev–Trinajstić information content (AvgIpc) is 2.32. The van der Waals surface area contributed by atoms with Crippen LogP contribution in [0.15, 0.2) is 30.3 Å². The summed E-state index contributed by atoms with van der Waals surface area (Å²) in [5.41, 5.74) is 4.10. The van der Waals surface area contributed by atoms with Crippen molar-refractivity contribution in [2.45, 2.75) is 20.4 Å². The van der Waals surface area contributed by atoms with Gasteiger partial charge in [-0.2, -0.15) is 0 Å². The van der Waals surface area contributed by atoms with Gasteiger partial charge in [-0.1, -0.05) is 47.0 Å². The second-order valence-electron chi connectivity index (χ2n) is 4.53. The predicted molar refractivity (Wildman–Crippen MR) is 79.7 cm³/mol. The van der Waals surface area contributed by atoms with Crippen LogP contribution < -0.4 is 5.32 Å². The molecule has 0 aromatic heterocycles. The molecule has 0 spiro atoms. The van der Waals surface area contributed by atoms with Gasteiger partial charge in [0.25, 0.3) is 0 Å². The van der Waals surface area contributed by atoms with E-state index in [-0.39, 0.29) is 10.0 Å². The topological polar surface area (TPSA) is 12.0 Å². The highest BCUT2D eigenvalue weighted by Crippen LogP contribution is 2.31. The van der Waals surface area contributed by atoms with E-state index in [1.807, 2.05) is 13.8 Å². The van der Waals surface area contributed by atoms with Gasteiger partial charge in [-0.15, -0.1) is 0 Å². The third kappa shape index (κ3) is 3.40. The number of hydrogen-bond donors (Lipinski definition) is 1. The van der Waals surface area contributed by atoms with Crippen molar-refractivity contribution in [3.05, 3.63) is 62.9 Å². The maximum atomic E-state index is 13.1. The molecule has 0 amide bonds. The van der Waals surface area contributed by atoms with E-state index < -0.39 is 5.82 Å². The zero-order chi connectivity index (χ0) is 14.0. The van der Waals surface area contributed by atoms with Crippen LogP contribution in [-0.4, -0.2) is 0 Å². The smallest absolute Gasteiger partial charge is 0.126 e. The first-order valence-corrected chi connectivity index (χ1v) is 6.67. The Morgan fingerprint density at radius 3 is 2.32 bits per heavy atom. The van der Waals surface area contributed by atoms with Crippen molar-refractivity contribution >= 4 is 28.9 Å². The van der Waals surface area contributed by atoms with Crippen LogP contribution in [0.5, 0.6) is 0 Å². The van der Waals surface area contributed by atoms with Gasteiger partial charge in [-0.05, 0) is 37.1 Å². The standard InChI is InChI=1S/C15H14Cl2FN/c1-9-3-4-10(2)11(5-9)8-19-15-13(16)6-12(18)7-14(15)17/h3-7,19H,8H2,1-2H3. The molecule has 19 heavy (non-hydrogen) atoms. The van der Waals surface area contributed by atoms with Crippen molar-refractivity contribution in [3.8, 4) is 0 Å². The summed E-state index contributed by atoms with van der Waals surface area (Å²) in [6.07, 6.45) is 0. The fourth-order valence-corrected chi connectivity index (χ4v) is 2.48. The van der Waals surface area contributed by atoms with E-state index in [0.29, 0.717) is 12.2 Å². The molecule has 0 atom stereocenters. The van der Waals surface area contributed by atoms with E-state index in [2.05, 4.69) is 23.5 Å². The lowest BCUT2D eigenvalue weighted by molar-refractivity contribution is 0.628. The van der Waals surface area contributed by atoms with Gasteiger partial charge >= 0.3 is 0 Å². The van der Waals surface area contributed by atoms with Gasteiger partial charge in [-0.3, -0.25) is 0 Å². The van der Waals surface area contributed by atoms with E-state index >= 15 is 0 Å². The highest BCUT2D eigenvalue weighted by atomic mass is 35.5. The summed E-state index contributed by atoms with van der Waals surface area (Å²) in [4.78, 5) is 0. The summed E-state index contributed by atoms with van der Waals surface area (Å²) < 4.78 is 13.1. The lowest BCUT2D eigenvalue weighted by Crippen LogP contribution is -2.03. The molecule has 0 unspecified atom stereocenters. The third-order valence-corrected chi connectivity index (χ3v) is 3.56. The zero-order valence-electron chi connectivity index (χ0n) is 10.7. The van der Waals surface area contributed by atoms with Gasteiger partial charge < -0.3 is 5.32 Å². The molecule has 0 aliphatic rings. The SMILES string of the molecule is Cc1ccc(C)c(CNc2c(Cl)cc(F)cc2Cl)c1. The van der Waals surface area contributed by atoms with Gasteiger partial charge in [0.05, 0.1) is 15.7 Å². The number of hydrogen-bond acceptors (Lipinski definition) is 1. The van der Waals surface area contributed by atoms with Gasteiger partial charge in [0.15, 0.2) is 0 Å². The van der Waals surface area contributed by atoms with Crippen LogP contribution in [0.2, 0.25) is 10.0 Å². The molecule has 2 rings (SSSR count). The first-order chi connectivity index (χ1) is 8.97. The van der Waals surface area contributed by atoms with E-state index in [4.69, 9.17) is 23.2 Å². The molecule has 2 aromatic carbocycles.